The van der Waals surface area contributed by atoms with Crippen LogP contribution in [-0.4, -0.2) is 52.7 Å². The predicted octanol–water partition coefficient (Wildman–Crippen LogP) is 2.59. The average molecular weight is 418 g/mol. The van der Waals surface area contributed by atoms with Crippen molar-refractivity contribution in [2.75, 3.05) is 13.2 Å². The van der Waals surface area contributed by atoms with Crippen molar-refractivity contribution in [3.63, 3.8) is 0 Å². The SMILES string of the molecule is CCNC(=O)CCC/C=C/C[C@@H]1[C@@H](/C=C/[C@@H](O)COc2ccccc2)[C@H](O)C[C@@H]1O. The molecule has 0 saturated heterocycles. The lowest BCUT2D eigenvalue weighted by molar-refractivity contribution is -0.121. The van der Waals surface area contributed by atoms with Crippen molar-refractivity contribution in [2.45, 2.75) is 57.3 Å². The van der Waals surface area contributed by atoms with E-state index >= 15 is 0 Å². The number of ether oxygens (including phenoxy) is 1. The fraction of sp³-hybridized carbons (Fsp3) is 0.542. The maximum absolute atomic E-state index is 11.4. The second kappa shape index (κ2) is 13.2. The molecule has 30 heavy (non-hydrogen) atoms. The van der Waals surface area contributed by atoms with E-state index in [0.29, 0.717) is 31.6 Å². The van der Waals surface area contributed by atoms with Gasteiger partial charge in [-0.25, -0.2) is 0 Å². The Balaban J connectivity index is 1.78. The van der Waals surface area contributed by atoms with Gasteiger partial charge in [-0.15, -0.1) is 0 Å². The zero-order valence-corrected chi connectivity index (χ0v) is 17.7. The maximum Gasteiger partial charge on any atom is 0.219 e. The first-order valence-corrected chi connectivity index (χ1v) is 10.8. The number of carbonyl (C=O) groups is 1. The van der Waals surface area contributed by atoms with Crippen LogP contribution in [-0.2, 0) is 4.79 Å². The number of benzene rings is 1. The zero-order valence-electron chi connectivity index (χ0n) is 17.7. The zero-order chi connectivity index (χ0) is 21.8. The molecule has 1 aliphatic rings. The fourth-order valence-corrected chi connectivity index (χ4v) is 3.75. The molecule has 2 rings (SSSR count). The van der Waals surface area contributed by atoms with E-state index in [-0.39, 0.29) is 24.3 Å². The Morgan fingerprint density at radius 2 is 2.00 bits per heavy atom. The molecule has 4 N–H and O–H groups in total. The molecule has 6 nitrogen and oxygen atoms in total. The molecule has 0 unspecified atom stereocenters. The van der Waals surface area contributed by atoms with E-state index in [1.807, 2.05) is 49.4 Å². The summed E-state index contributed by atoms with van der Waals surface area (Å²) in [5, 5.41) is 33.6. The molecule has 0 radical (unpaired) electrons. The van der Waals surface area contributed by atoms with Gasteiger partial charge in [-0.3, -0.25) is 4.79 Å². The number of aliphatic hydroxyl groups excluding tert-OH is 3. The van der Waals surface area contributed by atoms with E-state index in [4.69, 9.17) is 4.74 Å². The Morgan fingerprint density at radius 1 is 1.23 bits per heavy atom. The van der Waals surface area contributed by atoms with Gasteiger partial charge in [-0.2, -0.15) is 0 Å². The quantitative estimate of drug-likeness (QED) is 0.310. The number of allylic oxidation sites excluding steroid dienone is 2. The summed E-state index contributed by atoms with van der Waals surface area (Å²) in [6.07, 6.45) is 8.56. The van der Waals surface area contributed by atoms with Gasteiger partial charge >= 0.3 is 0 Å². The van der Waals surface area contributed by atoms with Crippen LogP contribution in [0.5, 0.6) is 5.75 Å². The summed E-state index contributed by atoms with van der Waals surface area (Å²) in [5.41, 5.74) is 0. The van der Waals surface area contributed by atoms with E-state index in [1.165, 1.54) is 0 Å². The highest BCUT2D eigenvalue weighted by Crippen LogP contribution is 2.36. The summed E-state index contributed by atoms with van der Waals surface area (Å²) in [7, 11) is 0. The Kier molecular flexibility index (Phi) is 10.6. The molecule has 1 fully saturated rings. The van der Waals surface area contributed by atoms with Crippen molar-refractivity contribution in [3.05, 3.63) is 54.6 Å². The molecule has 166 valence electrons. The standard InChI is InChI=1S/C24H35NO5/c1-2-25-24(29)13-9-4-3-8-12-20-21(23(28)16-22(20)27)15-14-18(26)17-30-19-10-6-5-7-11-19/h3,5-8,10-11,14-15,18,20-23,26-28H,2,4,9,12-13,16-17H2,1H3,(H,25,29)/b8-3+,15-14+/t18-,20-,21-,22+,23-/m1/s1. The number of rotatable bonds is 12. The first-order valence-electron chi connectivity index (χ1n) is 10.8. The van der Waals surface area contributed by atoms with Crippen LogP contribution in [0.1, 0.15) is 39.0 Å². The maximum atomic E-state index is 11.4. The van der Waals surface area contributed by atoms with Gasteiger partial charge in [0.15, 0.2) is 0 Å². The molecule has 0 aromatic heterocycles. The van der Waals surface area contributed by atoms with Crippen LogP contribution in [0.3, 0.4) is 0 Å². The van der Waals surface area contributed by atoms with E-state index < -0.39 is 18.3 Å². The normalized spacial score (nSPS) is 25.1. The topological polar surface area (TPSA) is 99.0 Å². The van der Waals surface area contributed by atoms with Crippen molar-refractivity contribution < 1.29 is 24.9 Å². The van der Waals surface area contributed by atoms with Gasteiger partial charge in [0.25, 0.3) is 0 Å². The first kappa shape index (κ1) is 24.1. The van der Waals surface area contributed by atoms with Crippen LogP contribution in [0.15, 0.2) is 54.6 Å². The van der Waals surface area contributed by atoms with E-state index in [1.54, 1.807) is 12.2 Å². The van der Waals surface area contributed by atoms with Gasteiger partial charge in [0, 0.05) is 25.3 Å². The molecule has 1 aromatic rings. The van der Waals surface area contributed by atoms with Crippen molar-refractivity contribution in [3.8, 4) is 5.75 Å². The molecule has 1 amide bonds. The van der Waals surface area contributed by atoms with E-state index in [0.717, 1.165) is 12.8 Å². The number of amides is 1. The molecule has 1 aromatic carbocycles. The van der Waals surface area contributed by atoms with Crippen molar-refractivity contribution >= 4 is 5.91 Å². The number of para-hydroxylation sites is 1. The van der Waals surface area contributed by atoms with Crippen LogP contribution in [0.4, 0.5) is 0 Å². The van der Waals surface area contributed by atoms with Gasteiger partial charge in [-0.05, 0) is 44.2 Å². The van der Waals surface area contributed by atoms with E-state index in [9.17, 15) is 20.1 Å². The number of unbranched alkanes of at least 4 members (excludes halogenated alkanes) is 1. The van der Waals surface area contributed by atoms with Crippen LogP contribution in [0.2, 0.25) is 0 Å². The van der Waals surface area contributed by atoms with Gasteiger partial charge in [-0.1, -0.05) is 42.5 Å². The summed E-state index contributed by atoms with van der Waals surface area (Å²) < 4.78 is 5.54. The lowest BCUT2D eigenvalue weighted by Gasteiger charge is -2.19. The highest BCUT2D eigenvalue weighted by Gasteiger charge is 2.39. The van der Waals surface area contributed by atoms with Crippen molar-refractivity contribution in [2.24, 2.45) is 11.8 Å². The predicted molar refractivity (Wildman–Crippen MR) is 117 cm³/mol. The van der Waals surface area contributed by atoms with Gasteiger partial charge in [0.05, 0.1) is 12.2 Å². The van der Waals surface area contributed by atoms with Crippen LogP contribution in [0.25, 0.3) is 0 Å². The summed E-state index contributed by atoms with van der Waals surface area (Å²) >= 11 is 0. The fourth-order valence-electron chi connectivity index (χ4n) is 3.75. The number of hydrogen-bond acceptors (Lipinski definition) is 5. The van der Waals surface area contributed by atoms with Gasteiger partial charge < -0.3 is 25.4 Å². The third-order valence-corrected chi connectivity index (χ3v) is 5.36. The summed E-state index contributed by atoms with van der Waals surface area (Å²) in [6, 6.07) is 9.28. The molecule has 0 bridgehead atoms. The summed E-state index contributed by atoms with van der Waals surface area (Å²) in [5.74, 6) is 0.446. The Bertz CT molecular complexity index is 675. The lowest BCUT2D eigenvalue weighted by atomic mass is 9.89. The molecule has 6 heteroatoms. The molecule has 1 aliphatic carbocycles. The number of hydrogen-bond donors (Lipinski definition) is 4. The van der Waals surface area contributed by atoms with Gasteiger partial charge in [0.2, 0.25) is 5.91 Å². The molecule has 0 aliphatic heterocycles. The van der Waals surface area contributed by atoms with E-state index in [2.05, 4.69) is 5.32 Å². The summed E-state index contributed by atoms with van der Waals surface area (Å²) in [4.78, 5) is 11.4. The number of aliphatic hydroxyl groups is 3. The van der Waals surface area contributed by atoms with Gasteiger partial charge in [0.1, 0.15) is 18.5 Å². The molecule has 0 heterocycles. The average Bonchev–Trinajstić information content (AvgIpc) is 3.00. The molecule has 0 spiro atoms. The number of carbonyl (C=O) groups excluding carboxylic acids is 1. The van der Waals surface area contributed by atoms with Crippen LogP contribution < -0.4 is 10.1 Å². The minimum absolute atomic E-state index is 0.0697. The third-order valence-electron chi connectivity index (χ3n) is 5.36. The van der Waals surface area contributed by atoms with Crippen molar-refractivity contribution in [1.82, 2.24) is 5.32 Å². The smallest absolute Gasteiger partial charge is 0.219 e. The first-order chi connectivity index (χ1) is 14.5. The largest absolute Gasteiger partial charge is 0.491 e. The second-order valence-corrected chi connectivity index (χ2v) is 7.74. The Morgan fingerprint density at radius 3 is 2.73 bits per heavy atom. The monoisotopic (exact) mass is 417 g/mol. The van der Waals surface area contributed by atoms with Crippen molar-refractivity contribution in [1.29, 1.82) is 0 Å². The molecule has 5 atom stereocenters. The van der Waals surface area contributed by atoms with Crippen LogP contribution in [0, 0.1) is 11.8 Å². The second-order valence-electron chi connectivity index (χ2n) is 7.74. The summed E-state index contributed by atoms with van der Waals surface area (Å²) in [6.45, 7) is 2.68. The highest BCUT2D eigenvalue weighted by molar-refractivity contribution is 5.75. The molecular formula is C24H35NO5. The Labute approximate surface area is 179 Å². The Hall–Kier alpha value is -2.15. The number of nitrogens with one attached hydrogen (secondary N) is 1. The lowest BCUT2D eigenvalue weighted by Crippen LogP contribution is -2.22. The van der Waals surface area contributed by atoms with Crippen LogP contribution >= 0.6 is 0 Å². The molecular weight excluding hydrogens is 382 g/mol. The third kappa shape index (κ3) is 8.30. The minimum atomic E-state index is -0.791. The highest BCUT2D eigenvalue weighted by atomic mass is 16.5. The molecule has 1 saturated carbocycles. The minimum Gasteiger partial charge on any atom is -0.491 e.